The van der Waals surface area contributed by atoms with E-state index in [0.717, 1.165) is 0 Å². The lowest BCUT2D eigenvalue weighted by Crippen LogP contribution is -2.41. The third kappa shape index (κ3) is 2.64. The van der Waals surface area contributed by atoms with Gasteiger partial charge in [-0.3, -0.25) is 4.98 Å². The summed E-state index contributed by atoms with van der Waals surface area (Å²) in [6, 6.07) is 0. The molecular formula is C14H21BFN3O2. The monoisotopic (exact) mass is 293 g/mol. The Hall–Kier alpha value is -1.21. The van der Waals surface area contributed by atoms with Crippen LogP contribution in [0.25, 0.3) is 0 Å². The van der Waals surface area contributed by atoms with Crippen molar-refractivity contribution in [3.05, 3.63) is 12.4 Å². The van der Waals surface area contributed by atoms with Crippen molar-refractivity contribution in [2.45, 2.75) is 51.5 Å². The zero-order valence-corrected chi connectivity index (χ0v) is 13.0. The number of aromatic nitrogens is 2. The zero-order valence-electron chi connectivity index (χ0n) is 13.0. The second kappa shape index (κ2) is 4.92. The molecule has 1 aromatic heterocycles. The Labute approximate surface area is 125 Å². The first-order valence-corrected chi connectivity index (χ1v) is 7.35. The highest BCUT2D eigenvalue weighted by Crippen LogP contribution is 2.36. The van der Waals surface area contributed by atoms with Gasteiger partial charge in [0.25, 0.3) is 0 Å². The van der Waals surface area contributed by atoms with Crippen molar-refractivity contribution >= 4 is 18.5 Å². The lowest BCUT2D eigenvalue weighted by molar-refractivity contribution is 0.00578. The van der Waals surface area contributed by atoms with Crippen LogP contribution in [0.4, 0.5) is 10.2 Å². The maximum absolute atomic E-state index is 13.2. The van der Waals surface area contributed by atoms with Crippen LogP contribution in [0.1, 0.15) is 34.1 Å². The van der Waals surface area contributed by atoms with Crippen LogP contribution >= 0.6 is 0 Å². The highest BCUT2D eigenvalue weighted by Gasteiger charge is 2.52. The molecule has 2 fully saturated rings. The molecular weight excluding hydrogens is 272 g/mol. The summed E-state index contributed by atoms with van der Waals surface area (Å²) in [6.07, 6.45) is 3.11. The van der Waals surface area contributed by atoms with Crippen LogP contribution in [-0.2, 0) is 9.31 Å². The summed E-state index contributed by atoms with van der Waals surface area (Å²) in [5.41, 5.74) is -0.142. The summed E-state index contributed by atoms with van der Waals surface area (Å²) in [7, 11) is -0.510. The quantitative estimate of drug-likeness (QED) is 0.770. The molecule has 0 saturated carbocycles. The van der Waals surface area contributed by atoms with Crippen molar-refractivity contribution in [3.63, 3.8) is 0 Å². The third-order valence-electron chi connectivity index (χ3n) is 4.61. The van der Waals surface area contributed by atoms with Crippen molar-refractivity contribution in [2.75, 3.05) is 18.0 Å². The molecule has 0 bridgehead atoms. The third-order valence-corrected chi connectivity index (χ3v) is 4.61. The van der Waals surface area contributed by atoms with Gasteiger partial charge in [0.1, 0.15) is 12.0 Å². The van der Waals surface area contributed by atoms with Gasteiger partial charge in [-0.25, -0.2) is 9.37 Å². The van der Waals surface area contributed by atoms with Crippen LogP contribution in [0.15, 0.2) is 12.4 Å². The van der Waals surface area contributed by atoms with E-state index in [2.05, 4.69) is 9.97 Å². The maximum atomic E-state index is 13.2. The topological polar surface area (TPSA) is 47.5 Å². The second-order valence-electron chi connectivity index (χ2n) is 6.72. The van der Waals surface area contributed by atoms with E-state index in [1.54, 1.807) is 12.4 Å². The first-order valence-electron chi connectivity index (χ1n) is 7.35. The van der Waals surface area contributed by atoms with E-state index in [-0.39, 0.29) is 0 Å². The summed E-state index contributed by atoms with van der Waals surface area (Å²) in [4.78, 5) is 10.7. The van der Waals surface area contributed by atoms with Crippen LogP contribution in [-0.4, -0.2) is 47.5 Å². The van der Waals surface area contributed by atoms with E-state index in [9.17, 15) is 4.39 Å². The van der Waals surface area contributed by atoms with Gasteiger partial charge in [0.15, 0.2) is 0 Å². The van der Waals surface area contributed by atoms with Crippen LogP contribution < -0.4 is 10.5 Å². The van der Waals surface area contributed by atoms with Crippen LogP contribution in [0.2, 0.25) is 0 Å². The standard InChI is InChI=1S/C14H21BFN3O2/c1-13(2)14(3,4)21-15(20-13)11-7-18-12(8-17-11)19-6-5-10(16)9-19/h7-8,10H,5-6,9H2,1-4H3. The molecule has 5 nitrogen and oxygen atoms in total. The Morgan fingerprint density at radius 1 is 1.19 bits per heavy atom. The fourth-order valence-electron chi connectivity index (χ4n) is 2.51. The van der Waals surface area contributed by atoms with Crippen molar-refractivity contribution in [1.29, 1.82) is 0 Å². The average molecular weight is 293 g/mol. The molecule has 0 amide bonds. The van der Waals surface area contributed by atoms with Crippen molar-refractivity contribution in [1.82, 2.24) is 9.97 Å². The van der Waals surface area contributed by atoms with Gasteiger partial charge < -0.3 is 14.2 Å². The molecule has 21 heavy (non-hydrogen) atoms. The van der Waals surface area contributed by atoms with Gasteiger partial charge in [0, 0.05) is 12.7 Å². The van der Waals surface area contributed by atoms with Gasteiger partial charge in [-0.15, -0.1) is 0 Å². The lowest BCUT2D eigenvalue weighted by atomic mass is 9.85. The van der Waals surface area contributed by atoms with Gasteiger partial charge >= 0.3 is 7.12 Å². The SMILES string of the molecule is CC1(C)OB(c2cnc(N3CCC(F)C3)cn2)OC1(C)C. The lowest BCUT2D eigenvalue weighted by Gasteiger charge is -2.32. The number of nitrogens with zero attached hydrogens (tertiary/aromatic N) is 3. The first-order chi connectivity index (χ1) is 9.78. The highest BCUT2D eigenvalue weighted by atomic mass is 19.1. The second-order valence-corrected chi connectivity index (χ2v) is 6.72. The molecule has 3 heterocycles. The summed E-state index contributed by atoms with van der Waals surface area (Å²) >= 11 is 0. The Morgan fingerprint density at radius 3 is 2.33 bits per heavy atom. The largest absolute Gasteiger partial charge is 0.516 e. The highest BCUT2D eigenvalue weighted by molar-refractivity contribution is 6.61. The molecule has 1 aromatic rings. The average Bonchev–Trinajstić information content (AvgIpc) is 2.92. The maximum Gasteiger partial charge on any atom is 0.516 e. The number of rotatable bonds is 2. The molecule has 7 heteroatoms. The summed E-state index contributed by atoms with van der Waals surface area (Å²) in [5, 5.41) is 0. The normalized spacial score (nSPS) is 27.4. The fraction of sp³-hybridized carbons (Fsp3) is 0.714. The molecule has 0 radical (unpaired) electrons. The number of hydrogen-bond acceptors (Lipinski definition) is 5. The molecule has 0 aliphatic carbocycles. The Bertz CT molecular complexity index is 507. The first kappa shape index (κ1) is 14.7. The van der Waals surface area contributed by atoms with E-state index in [1.165, 1.54) is 0 Å². The Balaban J connectivity index is 1.74. The van der Waals surface area contributed by atoms with Crippen molar-refractivity contribution in [3.8, 4) is 0 Å². The summed E-state index contributed by atoms with van der Waals surface area (Å²) in [5.74, 6) is 0.704. The molecule has 0 N–H and O–H groups in total. The summed E-state index contributed by atoms with van der Waals surface area (Å²) < 4.78 is 25.1. The van der Waals surface area contributed by atoms with Gasteiger partial charge in [-0.2, -0.15) is 0 Å². The predicted octanol–water partition coefficient (Wildman–Crippen LogP) is 1.32. The Morgan fingerprint density at radius 2 is 1.86 bits per heavy atom. The van der Waals surface area contributed by atoms with E-state index in [1.807, 2.05) is 32.6 Å². The fourth-order valence-corrected chi connectivity index (χ4v) is 2.51. The minimum absolute atomic E-state index is 0.393. The predicted molar refractivity (Wildman–Crippen MR) is 79.5 cm³/mol. The van der Waals surface area contributed by atoms with E-state index in [4.69, 9.17) is 9.31 Å². The zero-order chi connectivity index (χ0) is 15.3. The molecule has 2 saturated heterocycles. The summed E-state index contributed by atoms with van der Waals surface area (Å²) in [6.45, 7) is 9.08. The van der Waals surface area contributed by atoms with Gasteiger partial charge in [0.2, 0.25) is 0 Å². The number of hydrogen-bond donors (Lipinski definition) is 0. The van der Waals surface area contributed by atoms with Crippen LogP contribution in [0.5, 0.6) is 0 Å². The van der Waals surface area contributed by atoms with E-state index < -0.39 is 24.5 Å². The Kier molecular flexibility index (Phi) is 3.45. The number of halogens is 1. The van der Waals surface area contributed by atoms with Crippen LogP contribution in [0, 0.1) is 0 Å². The smallest absolute Gasteiger partial charge is 0.398 e. The molecule has 2 aliphatic heterocycles. The molecule has 3 rings (SSSR count). The molecule has 2 aliphatic rings. The molecule has 0 spiro atoms. The van der Waals surface area contributed by atoms with Crippen molar-refractivity contribution < 1.29 is 13.7 Å². The molecule has 1 unspecified atom stereocenters. The van der Waals surface area contributed by atoms with Gasteiger partial charge in [-0.05, 0) is 34.1 Å². The van der Waals surface area contributed by atoms with Crippen LogP contribution in [0.3, 0.4) is 0 Å². The van der Waals surface area contributed by atoms with E-state index >= 15 is 0 Å². The van der Waals surface area contributed by atoms with Crippen molar-refractivity contribution in [2.24, 2.45) is 0 Å². The number of alkyl halides is 1. The molecule has 114 valence electrons. The van der Waals surface area contributed by atoms with Gasteiger partial charge in [-0.1, -0.05) is 0 Å². The molecule has 1 atom stereocenters. The molecule has 0 aromatic carbocycles. The van der Waals surface area contributed by atoms with E-state index in [0.29, 0.717) is 30.9 Å². The minimum Gasteiger partial charge on any atom is -0.398 e. The van der Waals surface area contributed by atoms with Gasteiger partial charge in [0.05, 0.1) is 29.5 Å². The number of anilines is 1. The minimum atomic E-state index is -0.769.